The fourth-order valence-electron chi connectivity index (χ4n) is 1.88. The first kappa shape index (κ1) is 17.7. The number of benzene rings is 1. The molecule has 0 bridgehead atoms. The van der Waals surface area contributed by atoms with E-state index >= 15 is 0 Å². The zero-order chi connectivity index (χ0) is 15.7. The number of nitrogens with zero attached hydrogens (tertiary/aromatic N) is 1. The Morgan fingerprint density at radius 3 is 2.33 bits per heavy atom. The molecule has 0 spiro atoms. The highest BCUT2D eigenvalue weighted by molar-refractivity contribution is 5.27. The fourth-order valence-corrected chi connectivity index (χ4v) is 1.88. The summed E-state index contributed by atoms with van der Waals surface area (Å²) >= 11 is 0. The molecule has 4 nitrogen and oxygen atoms in total. The minimum Gasteiger partial charge on any atom is -0.492 e. The van der Waals surface area contributed by atoms with E-state index < -0.39 is 12.7 Å². The molecular formula is C14H21F3N2O2. The van der Waals surface area contributed by atoms with Crippen LogP contribution in [0, 0.1) is 0 Å². The fraction of sp³-hybridized carbons (Fsp3) is 0.571. The number of hydrogen-bond donors (Lipinski definition) is 2. The van der Waals surface area contributed by atoms with Crippen LogP contribution in [0.2, 0.25) is 0 Å². The summed E-state index contributed by atoms with van der Waals surface area (Å²) in [6.45, 7) is -0.598. The summed E-state index contributed by atoms with van der Waals surface area (Å²) in [6, 6.07) is 7.29. The average Bonchev–Trinajstić information content (AvgIpc) is 2.39. The zero-order valence-corrected chi connectivity index (χ0v) is 11.8. The lowest BCUT2D eigenvalue weighted by molar-refractivity contribution is -0.147. The molecule has 3 N–H and O–H groups in total. The van der Waals surface area contributed by atoms with Crippen LogP contribution in [0.5, 0.6) is 5.75 Å². The number of nitrogens with two attached hydrogens (primary N) is 1. The summed E-state index contributed by atoms with van der Waals surface area (Å²) in [5, 5.41) is 8.77. The number of aliphatic hydroxyl groups excluding tert-OH is 1. The molecule has 0 aliphatic rings. The van der Waals surface area contributed by atoms with E-state index in [2.05, 4.69) is 0 Å². The molecule has 7 heteroatoms. The van der Waals surface area contributed by atoms with Crippen molar-refractivity contribution >= 4 is 0 Å². The summed E-state index contributed by atoms with van der Waals surface area (Å²) in [5.74, 6) is 0.603. The normalized spacial score (nSPS) is 11.9. The van der Waals surface area contributed by atoms with Crippen LogP contribution >= 0.6 is 0 Å². The molecule has 120 valence electrons. The van der Waals surface area contributed by atoms with E-state index in [9.17, 15) is 13.2 Å². The summed E-state index contributed by atoms with van der Waals surface area (Å²) < 4.78 is 42.4. The van der Waals surface area contributed by atoms with E-state index in [-0.39, 0.29) is 26.3 Å². The van der Waals surface area contributed by atoms with Crippen molar-refractivity contribution in [1.82, 2.24) is 4.90 Å². The number of hydrogen-bond acceptors (Lipinski definition) is 4. The van der Waals surface area contributed by atoms with Crippen LogP contribution in [-0.2, 0) is 6.42 Å². The third kappa shape index (κ3) is 7.89. The highest BCUT2D eigenvalue weighted by Gasteiger charge is 2.30. The Balaban J connectivity index is 2.38. The summed E-state index contributed by atoms with van der Waals surface area (Å²) in [6.07, 6.45) is -3.50. The van der Waals surface area contributed by atoms with Gasteiger partial charge in [0.25, 0.3) is 0 Å². The predicted molar refractivity (Wildman–Crippen MR) is 74.3 cm³/mol. The first-order chi connectivity index (χ1) is 9.94. The minimum absolute atomic E-state index is 0.0295. The molecule has 0 aliphatic carbocycles. The largest absolute Gasteiger partial charge is 0.492 e. The van der Waals surface area contributed by atoms with Crippen molar-refractivity contribution in [2.24, 2.45) is 5.73 Å². The zero-order valence-electron chi connectivity index (χ0n) is 11.8. The number of halogens is 3. The Kier molecular flexibility index (Phi) is 7.49. The Bertz CT molecular complexity index is 396. The van der Waals surface area contributed by atoms with Gasteiger partial charge in [-0.1, -0.05) is 12.1 Å². The molecule has 1 aromatic rings. The third-order valence-corrected chi connectivity index (χ3v) is 2.85. The lowest BCUT2D eigenvalue weighted by atomic mass is 10.1. The van der Waals surface area contributed by atoms with Gasteiger partial charge in [-0.25, -0.2) is 0 Å². The summed E-state index contributed by atoms with van der Waals surface area (Å²) in [5.41, 5.74) is 6.53. The molecule has 0 atom stereocenters. The molecule has 0 aliphatic heterocycles. The molecule has 0 fully saturated rings. The van der Waals surface area contributed by atoms with E-state index in [0.29, 0.717) is 12.3 Å². The Hall–Kier alpha value is -1.31. The first-order valence-electron chi connectivity index (χ1n) is 6.76. The van der Waals surface area contributed by atoms with Crippen LogP contribution in [0.1, 0.15) is 5.56 Å². The highest BCUT2D eigenvalue weighted by Crippen LogP contribution is 2.16. The molecule has 0 heterocycles. The number of alkyl halides is 3. The van der Waals surface area contributed by atoms with Crippen molar-refractivity contribution in [2.75, 3.05) is 39.4 Å². The second-order valence-electron chi connectivity index (χ2n) is 4.65. The molecule has 0 radical (unpaired) electrons. The van der Waals surface area contributed by atoms with Gasteiger partial charge in [0.2, 0.25) is 0 Å². The van der Waals surface area contributed by atoms with Crippen LogP contribution in [0.4, 0.5) is 13.2 Å². The van der Waals surface area contributed by atoms with Gasteiger partial charge in [-0.3, -0.25) is 4.90 Å². The second kappa shape index (κ2) is 8.86. The van der Waals surface area contributed by atoms with Crippen LogP contribution in [0.25, 0.3) is 0 Å². The van der Waals surface area contributed by atoms with Gasteiger partial charge < -0.3 is 15.6 Å². The maximum absolute atomic E-state index is 12.3. The van der Waals surface area contributed by atoms with Gasteiger partial charge in [-0.15, -0.1) is 0 Å². The standard InChI is InChI=1S/C14H21F3N2O2/c15-14(16,17)11-19(7-9-20)8-10-21-13-3-1-12(2-4-13)5-6-18/h1-4,20H,5-11,18H2. The van der Waals surface area contributed by atoms with E-state index in [0.717, 1.165) is 16.9 Å². The smallest absolute Gasteiger partial charge is 0.401 e. The Morgan fingerprint density at radius 1 is 1.14 bits per heavy atom. The SMILES string of the molecule is NCCc1ccc(OCCN(CCO)CC(F)(F)F)cc1. The highest BCUT2D eigenvalue weighted by atomic mass is 19.4. The van der Waals surface area contributed by atoms with E-state index in [1.807, 2.05) is 12.1 Å². The molecular weight excluding hydrogens is 285 g/mol. The van der Waals surface area contributed by atoms with E-state index in [1.165, 1.54) is 0 Å². The predicted octanol–water partition coefficient (Wildman–Crippen LogP) is 1.42. The summed E-state index contributed by atoms with van der Waals surface area (Å²) in [7, 11) is 0. The van der Waals surface area contributed by atoms with Crippen LogP contribution in [-0.4, -0.2) is 55.6 Å². The first-order valence-corrected chi connectivity index (χ1v) is 6.76. The van der Waals surface area contributed by atoms with Gasteiger partial charge in [0.05, 0.1) is 13.2 Å². The molecule has 0 saturated heterocycles. The van der Waals surface area contributed by atoms with Crippen LogP contribution in [0.3, 0.4) is 0 Å². The monoisotopic (exact) mass is 306 g/mol. The van der Waals surface area contributed by atoms with Crippen molar-refractivity contribution in [3.05, 3.63) is 29.8 Å². The van der Waals surface area contributed by atoms with Crippen molar-refractivity contribution < 1.29 is 23.0 Å². The maximum atomic E-state index is 12.3. The van der Waals surface area contributed by atoms with Gasteiger partial charge in [-0.2, -0.15) is 13.2 Å². The maximum Gasteiger partial charge on any atom is 0.401 e. The van der Waals surface area contributed by atoms with E-state index in [1.54, 1.807) is 12.1 Å². The second-order valence-corrected chi connectivity index (χ2v) is 4.65. The van der Waals surface area contributed by atoms with Crippen molar-refractivity contribution in [1.29, 1.82) is 0 Å². The molecule has 0 amide bonds. The van der Waals surface area contributed by atoms with Crippen LogP contribution in [0.15, 0.2) is 24.3 Å². The minimum atomic E-state index is -4.28. The lowest BCUT2D eigenvalue weighted by Gasteiger charge is -2.22. The Morgan fingerprint density at radius 2 is 1.81 bits per heavy atom. The van der Waals surface area contributed by atoms with Crippen molar-refractivity contribution in [2.45, 2.75) is 12.6 Å². The van der Waals surface area contributed by atoms with Gasteiger partial charge in [-0.05, 0) is 30.7 Å². The molecule has 1 rings (SSSR count). The number of rotatable bonds is 9. The summed E-state index contributed by atoms with van der Waals surface area (Å²) in [4.78, 5) is 1.11. The quantitative estimate of drug-likeness (QED) is 0.724. The molecule has 0 saturated carbocycles. The van der Waals surface area contributed by atoms with Crippen LogP contribution < -0.4 is 10.5 Å². The van der Waals surface area contributed by atoms with Crippen molar-refractivity contribution in [3.63, 3.8) is 0 Å². The third-order valence-electron chi connectivity index (χ3n) is 2.85. The van der Waals surface area contributed by atoms with Gasteiger partial charge >= 0.3 is 6.18 Å². The molecule has 0 unspecified atom stereocenters. The molecule has 1 aromatic carbocycles. The van der Waals surface area contributed by atoms with Gasteiger partial charge in [0.1, 0.15) is 12.4 Å². The lowest BCUT2D eigenvalue weighted by Crippen LogP contribution is -2.38. The topological polar surface area (TPSA) is 58.7 Å². The van der Waals surface area contributed by atoms with Crippen molar-refractivity contribution in [3.8, 4) is 5.75 Å². The van der Waals surface area contributed by atoms with Gasteiger partial charge in [0, 0.05) is 13.1 Å². The molecule has 21 heavy (non-hydrogen) atoms. The Labute approximate surface area is 122 Å². The number of ether oxygens (including phenoxy) is 1. The van der Waals surface area contributed by atoms with Gasteiger partial charge in [0.15, 0.2) is 0 Å². The molecule has 0 aromatic heterocycles. The average molecular weight is 306 g/mol. The van der Waals surface area contributed by atoms with E-state index in [4.69, 9.17) is 15.6 Å². The number of aliphatic hydroxyl groups is 1.